The van der Waals surface area contributed by atoms with Gasteiger partial charge in [-0.15, -0.1) is 0 Å². The third-order valence-electron chi connectivity index (χ3n) is 3.66. The van der Waals surface area contributed by atoms with Crippen molar-refractivity contribution in [2.45, 2.75) is 25.7 Å². The van der Waals surface area contributed by atoms with Crippen molar-refractivity contribution < 1.29 is 4.39 Å². The Labute approximate surface area is 102 Å². The standard InChI is InChI=1S/C13H20FN3/c14-12-6-3-7-16-13(12)17-9-11-5-2-1-4-10(11)8-15/h3,6-7,10-11H,1-2,4-5,8-9,15H2,(H,16,17). The topological polar surface area (TPSA) is 50.9 Å². The smallest absolute Gasteiger partial charge is 0.165 e. The lowest BCUT2D eigenvalue weighted by molar-refractivity contribution is 0.255. The highest BCUT2D eigenvalue weighted by atomic mass is 19.1. The number of hydrogen-bond donors (Lipinski definition) is 2. The van der Waals surface area contributed by atoms with Crippen molar-refractivity contribution in [1.29, 1.82) is 0 Å². The Morgan fingerprint density at radius 1 is 1.35 bits per heavy atom. The average molecular weight is 237 g/mol. The number of pyridine rings is 1. The maximum absolute atomic E-state index is 13.4. The van der Waals surface area contributed by atoms with Crippen LogP contribution in [-0.4, -0.2) is 18.1 Å². The van der Waals surface area contributed by atoms with Crippen LogP contribution in [0.3, 0.4) is 0 Å². The van der Waals surface area contributed by atoms with Gasteiger partial charge in [0.05, 0.1) is 0 Å². The van der Waals surface area contributed by atoms with Gasteiger partial charge >= 0.3 is 0 Å². The number of nitrogens with one attached hydrogen (secondary N) is 1. The first kappa shape index (κ1) is 12.3. The SMILES string of the molecule is NCC1CCCCC1CNc1ncccc1F. The molecule has 4 heteroatoms. The predicted octanol–water partition coefficient (Wildman–Crippen LogP) is 2.40. The summed E-state index contributed by atoms with van der Waals surface area (Å²) in [5, 5.41) is 3.11. The first-order valence-corrected chi connectivity index (χ1v) is 6.35. The zero-order valence-electron chi connectivity index (χ0n) is 10.0. The Bertz CT molecular complexity index is 356. The molecule has 0 spiro atoms. The molecular weight excluding hydrogens is 217 g/mol. The molecule has 1 heterocycles. The molecule has 3 N–H and O–H groups in total. The van der Waals surface area contributed by atoms with Crippen LogP contribution in [0.1, 0.15) is 25.7 Å². The van der Waals surface area contributed by atoms with Crippen molar-refractivity contribution in [3.8, 4) is 0 Å². The summed E-state index contributed by atoms with van der Waals surface area (Å²) in [6, 6.07) is 3.03. The molecule has 1 aromatic heterocycles. The molecule has 1 fully saturated rings. The summed E-state index contributed by atoms with van der Waals surface area (Å²) in [5.41, 5.74) is 5.78. The zero-order chi connectivity index (χ0) is 12.1. The Kier molecular flexibility index (Phi) is 4.31. The van der Waals surface area contributed by atoms with E-state index in [0.717, 1.165) is 13.1 Å². The summed E-state index contributed by atoms with van der Waals surface area (Å²) in [7, 11) is 0. The number of nitrogens with zero attached hydrogens (tertiary/aromatic N) is 1. The lowest BCUT2D eigenvalue weighted by Crippen LogP contribution is -2.31. The molecule has 0 saturated heterocycles. The minimum absolute atomic E-state index is 0.285. The highest BCUT2D eigenvalue weighted by Gasteiger charge is 2.23. The summed E-state index contributed by atoms with van der Waals surface area (Å²) in [4.78, 5) is 4.00. The number of anilines is 1. The van der Waals surface area contributed by atoms with Gasteiger partial charge in [-0.2, -0.15) is 0 Å². The average Bonchev–Trinajstić information content (AvgIpc) is 2.38. The predicted molar refractivity (Wildman–Crippen MR) is 67.2 cm³/mol. The van der Waals surface area contributed by atoms with Crippen molar-refractivity contribution in [3.05, 3.63) is 24.1 Å². The maximum atomic E-state index is 13.4. The normalized spacial score (nSPS) is 24.6. The lowest BCUT2D eigenvalue weighted by atomic mass is 9.79. The third kappa shape index (κ3) is 3.16. The van der Waals surface area contributed by atoms with Gasteiger partial charge in [0.1, 0.15) is 0 Å². The van der Waals surface area contributed by atoms with E-state index in [4.69, 9.17) is 5.73 Å². The Hall–Kier alpha value is -1.16. The summed E-state index contributed by atoms with van der Waals surface area (Å²) in [5.74, 6) is 1.19. The van der Waals surface area contributed by atoms with Crippen LogP contribution in [0.4, 0.5) is 10.2 Å². The summed E-state index contributed by atoms with van der Waals surface area (Å²) in [6.45, 7) is 1.51. The van der Waals surface area contributed by atoms with Gasteiger partial charge in [0, 0.05) is 12.7 Å². The summed E-state index contributed by atoms with van der Waals surface area (Å²) in [6.07, 6.45) is 6.52. The quantitative estimate of drug-likeness (QED) is 0.845. The molecule has 0 aromatic carbocycles. The van der Waals surface area contributed by atoms with Gasteiger partial charge in [-0.1, -0.05) is 12.8 Å². The molecule has 1 aromatic rings. The second-order valence-corrected chi connectivity index (χ2v) is 4.76. The third-order valence-corrected chi connectivity index (χ3v) is 3.66. The second-order valence-electron chi connectivity index (χ2n) is 4.76. The maximum Gasteiger partial charge on any atom is 0.165 e. The van der Waals surface area contributed by atoms with E-state index in [1.165, 1.54) is 31.7 Å². The molecule has 17 heavy (non-hydrogen) atoms. The van der Waals surface area contributed by atoms with Crippen LogP contribution in [0.2, 0.25) is 0 Å². The van der Waals surface area contributed by atoms with E-state index in [9.17, 15) is 4.39 Å². The van der Waals surface area contributed by atoms with Crippen LogP contribution >= 0.6 is 0 Å². The molecule has 1 aliphatic carbocycles. The molecule has 2 atom stereocenters. The van der Waals surface area contributed by atoms with Crippen LogP contribution < -0.4 is 11.1 Å². The van der Waals surface area contributed by atoms with Crippen molar-refractivity contribution in [1.82, 2.24) is 4.98 Å². The first-order valence-electron chi connectivity index (χ1n) is 6.35. The van der Waals surface area contributed by atoms with Gasteiger partial charge in [-0.05, 0) is 43.4 Å². The van der Waals surface area contributed by atoms with Gasteiger partial charge in [0.25, 0.3) is 0 Å². The Balaban J connectivity index is 1.90. The van der Waals surface area contributed by atoms with Crippen molar-refractivity contribution >= 4 is 5.82 Å². The molecule has 2 unspecified atom stereocenters. The van der Waals surface area contributed by atoms with E-state index in [-0.39, 0.29) is 5.82 Å². The molecule has 3 nitrogen and oxygen atoms in total. The fourth-order valence-electron chi connectivity index (χ4n) is 2.61. The largest absolute Gasteiger partial charge is 0.367 e. The van der Waals surface area contributed by atoms with Crippen LogP contribution in [0.25, 0.3) is 0 Å². The molecular formula is C13H20FN3. The van der Waals surface area contributed by atoms with Gasteiger partial charge in [0.2, 0.25) is 0 Å². The fraction of sp³-hybridized carbons (Fsp3) is 0.615. The molecule has 0 radical (unpaired) electrons. The molecule has 2 rings (SSSR count). The monoisotopic (exact) mass is 237 g/mol. The Morgan fingerprint density at radius 2 is 2.12 bits per heavy atom. The van der Waals surface area contributed by atoms with E-state index in [1.54, 1.807) is 12.3 Å². The molecule has 0 amide bonds. The van der Waals surface area contributed by atoms with Gasteiger partial charge in [-0.25, -0.2) is 9.37 Å². The highest BCUT2D eigenvalue weighted by Crippen LogP contribution is 2.29. The van der Waals surface area contributed by atoms with E-state index in [2.05, 4.69) is 10.3 Å². The summed E-state index contributed by atoms with van der Waals surface area (Å²) >= 11 is 0. The van der Waals surface area contributed by atoms with E-state index in [1.807, 2.05) is 0 Å². The molecule has 0 bridgehead atoms. The van der Waals surface area contributed by atoms with Crippen LogP contribution in [0.5, 0.6) is 0 Å². The van der Waals surface area contributed by atoms with Gasteiger partial charge < -0.3 is 11.1 Å². The number of halogens is 1. The molecule has 1 saturated carbocycles. The number of aromatic nitrogens is 1. The second kappa shape index (κ2) is 5.96. The van der Waals surface area contributed by atoms with Crippen LogP contribution in [-0.2, 0) is 0 Å². The molecule has 94 valence electrons. The Morgan fingerprint density at radius 3 is 2.82 bits per heavy atom. The number of rotatable bonds is 4. The lowest BCUT2D eigenvalue weighted by Gasteiger charge is -2.30. The van der Waals surface area contributed by atoms with Crippen molar-refractivity contribution in [2.24, 2.45) is 17.6 Å². The van der Waals surface area contributed by atoms with Crippen molar-refractivity contribution in [2.75, 3.05) is 18.4 Å². The van der Waals surface area contributed by atoms with E-state index in [0.29, 0.717) is 17.7 Å². The molecule has 1 aliphatic rings. The van der Waals surface area contributed by atoms with Crippen molar-refractivity contribution in [3.63, 3.8) is 0 Å². The van der Waals surface area contributed by atoms with Gasteiger partial charge in [-0.3, -0.25) is 0 Å². The molecule has 0 aliphatic heterocycles. The number of nitrogens with two attached hydrogens (primary N) is 1. The van der Waals surface area contributed by atoms with Gasteiger partial charge in [0.15, 0.2) is 11.6 Å². The number of hydrogen-bond acceptors (Lipinski definition) is 3. The summed E-state index contributed by atoms with van der Waals surface area (Å²) < 4.78 is 13.4. The highest BCUT2D eigenvalue weighted by molar-refractivity contribution is 5.35. The van der Waals surface area contributed by atoms with E-state index >= 15 is 0 Å². The minimum atomic E-state index is -0.285. The fourth-order valence-corrected chi connectivity index (χ4v) is 2.61. The zero-order valence-corrected chi connectivity index (χ0v) is 10.0. The van der Waals surface area contributed by atoms with Crippen LogP contribution in [0.15, 0.2) is 18.3 Å². The minimum Gasteiger partial charge on any atom is -0.367 e. The van der Waals surface area contributed by atoms with E-state index < -0.39 is 0 Å². The van der Waals surface area contributed by atoms with Crippen LogP contribution in [0, 0.1) is 17.7 Å². The first-order chi connectivity index (χ1) is 8.31.